The molecule has 0 unspecified atom stereocenters. The van der Waals surface area contributed by atoms with Crippen molar-refractivity contribution in [3.63, 3.8) is 0 Å². The van der Waals surface area contributed by atoms with E-state index in [4.69, 9.17) is 0 Å². The Balaban J connectivity index is 1.98. The molecular weight excluding hydrogens is 238 g/mol. The summed E-state index contributed by atoms with van der Waals surface area (Å²) in [4.78, 5) is 0. The second-order valence-corrected chi connectivity index (χ2v) is 7.37. The van der Waals surface area contributed by atoms with Crippen LogP contribution < -0.4 is 4.72 Å². The number of fused-ring (bicyclic) bond motifs is 2. The van der Waals surface area contributed by atoms with Crippen LogP contribution in [0.1, 0.15) is 39.0 Å². The normalized spacial score (nSPS) is 36.6. The summed E-state index contributed by atoms with van der Waals surface area (Å²) in [5, 5.41) is 9.40. The summed E-state index contributed by atoms with van der Waals surface area (Å²) in [5.74, 6) is 1.35. The molecule has 17 heavy (non-hydrogen) atoms. The van der Waals surface area contributed by atoms with Gasteiger partial charge >= 0.3 is 0 Å². The molecule has 0 aromatic carbocycles. The molecule has 4 nitrogen and oxygen atoms in total. The summed E-state index contributed by atoms with van der Waals surface area (Å²) in [6.07, 6.45) is 4.96. The van der Waals surface area contributed by atoms with Crippen LogP contribution in [-0.4, -0.2) is 31.9 Å². The van der Waals surface area contributed by atoms with Crippen LogP contribution in [0.2, 0.25) is 0 Å². The monoisotopic (exact) mass is 261 g/mol. The van der Waals surface area contributed by atoms with E-state index < -0.39 is 10.0 Å². The fourth-order valence-corrected chi connectivity index (χ4v) is 5.03. The van der Waals surface area contributed by atoms with Crippen LogP contribution in [-0.2, 0) is 10.0 Å². The number of aliphatic hydroxyl groups is 1. The summed E-state index contributed by atoms with van der Waals surface area (Å²) in [5.41, 5.74) is 0. The lowest BCUT2D eigenvalue weighted by Gasteiger charge is -2.30. The molecule has 2 aliphatic rings. The molecule has 2 rings (SSSR count). The summed E-state index contributed by atoms with van der Waals surface area (Å²) < 4.78 is 26.6. The highest BCUT2D eigenvalue weighted by Crippen LogP contribution is 2.48. The van der Waals surface area contributed by atoms with Gasteiger partial charge in [0.1, 0.15) is 0 Å². The Labute approximate surface area is 104 Å². The lowest BCUT2D eigenvalue weighted by Crippen LogP contribution is -2.45. The van der Waals surface area contributed by atoms with E-state index in [9.17, 15) is 13.5 Å². The quantitative estimate of drug-likeness (QED) is 0.753. The molecule has 2 aliphatic carbocycles. The molecule has 4 atom stereocenters. The van der Waals surface area contributed by atoms with E-state index >= 15 is 0 Å². The average molecular weight is 261 g/mol. The van der Waals surface area contributed by atoms with Crippen molar-refractivity contribution in [1.29, 1.82) is 0 Å². The standard InChI is InChI=1S/C12H23NO3S/c1-2-3-6-17(15,16)13-12-10-5-4-9(7-10)11(12)8-14/h9-14H,2-8H2,1H3/t9-,10-,11+,12+/m0/s1. The maximum atomic E-state index is 11.9. The maximum Gasteiger partial charge on any atom is 0.211 e. The van der Waals surface area contributed by atoms with Crippen LogP contribution in [0.15, 0.2) is 0 Å². The highest BCUT2D eigenvalue weighted by Gasteiger charge is 2.48. The number of aliphatic hydroxyl groups excluding tert-OH is 1. The molecule has 5 heteroatoms. The summed E-state index contributed by atoms with van der Waals surface area (Å²) in [6.45, 7) is 2.10. The first-order valence-electron chi connectivity index (χ1n) is 6.68. The van der Waals surface area contributed by atoms with Crippen molar-refractivity contribution < 1.29 is 13.5 Å². The second-order valence-electron chi connectivity index (χ2n) is 5.50. The van der Waals surface area contributed by atoms with Gasteiger partial charge in [-0.15, -0.1) is 0 Å². The summed E-state index contributed by atoms with van der Waals surface area (Å²) >= 11 is 0. The molecule has 2 saturated carbocycles. The molecule has 100 valence electrons. The van der Waals surface area contributed by atoms with E-state index in [1.165, 1.54) is 0 Å². The summed E-state index contributed by atoms with van der Waals surface area (Å²) in [7, 11) is -3.15. The Hall–Kier alpha value is -0.130. The zero-order chi connectivity index (χ0) is 12.5. The predicted octanol–water partition coefficient (Wildman–Crippen LogP) is 1.11. The number of rotatable bonds is 6. The lowest BCUT2D eigenvalue weighted by atomic mass is 9.86. The third-order valence-electron chi connectivity index (χ3n) is 4.38. The van der Waals surface area contributed by atoms with E-state index in [1.807, 2.05) is 6.92 Å². The Kier molecular flexibility index (Phi) is 4.10. The van der Waals surface area contributed by atoms with Crippen LogP contribution in [0.4, 0.5) is 0 Å². The molecule has 0 radical (unpaired) electrons. The van der Waals surface area contributed by atoms with Crippen LogP contribution in [0.25, 0.3) is 0 Å². The molecule has 0 aromatic heterocycles. The van der Waals surface area contributed by atoms with Crippen molar-refractivity contribution in [2.24, 2.45) is 17.8 Å². The van der Waals surface area contributed by atoms with Crippen LogP contribution in [0.3, 0.4) is 0 Å². The van der Waals surface area contributed by atoms with Gasteiger partial charge in [-0.05, 0) is 37.5 Å². The third-order valence-corrected chi connectivity index (χ3v) is 5.84. The van der Waals surface area contributed by atoms with Gasteiger partial charge in [0.05, 0.1) is 5.75 Å². The van der Waals surface area contributed by atoms with Crippen molar-refractivity contribution in [2.45, 2.75) is 45.1 Å². The van der Waals surface area contributed by atoms with E-state index in [-0.39, 0.29) is 24.3 Å². The number of hydrogen-bond donors (Lipinski definition) is 2. The van der Waals surface area contributed by atoms with Crippen molar-refractivity contribution in [1.82, 2.24) is 4.72 Å². The first-order valence-corrected chi connectivity index (χ1v) is 8.33. The predicted molar refractivity (Wildman–Crippen MR) is 67.0 cm³/mol. The molecule has 2 N–H and O–H groups in total. The largest absolute Gasteiger partial charge is 0.396 e. The fourth-order valence-electron chi connectivity index (χ4n) is 3.46. The van der Waals surface area contributed by atoms with Crippen LogP contribution >= 0.6 is 0 Å². The van der Waals surface area contributed by atoms with Crippen molar-refractivity contribution in [2.75, 3.05) is 12.4 Å². The zero-order valence-electron chi connectivity index (χ0n) is 10.4. The molecule has 0 spiro atoms. The number of unbranched alkanes of at least 4 members (excludes halogenated alkanes) is 1. The first kappa shape index (κ1) is 13.3. The fraction of sp³-hybridized carbons (Fsp3) is 1.00. The van der Waals surface area contributed by atoms with Gasteiger partial charge < -0.3 is 5.11 Å². The topological polar surface area (TPSA) is 66.4 Å². The van der Waals surface area contributed by atoms with Gasteiger partial charge in [0.2, 0.25) is 10.0 Å². The second kappa shape index (κ2) is 5.24. The minimum absolute atomic E-state index is 0.0133. The molecule has 0 heterocycles. The van der Waals surface area contributed by atoms with Gasteiger partial charge in [-0.1, -0.05) is 13.3 Å². The first-order chi connectivity index (χ1) is 8.07. The Morgan fingerprint density at radius 3 is 2.65 bits per heavy atom. The third kappa shape index (κ3) is 2.83. The van der Waals surface area contributed by atoms with Crippen LogP contribution in [0.5, 0.6) is 0 Å². The summed E-state index contributed by atoms with van der Waals surface area (Å²) in [6, 6.07) is -0.0133. The smallest absolute Gasteiger partial charge is 0.211 e. The van der Waals surface area contributed by atoms with E-state index in [2.05, 4.69) is 4.72 Å². The number of nitrogens with one attached hydrogen (secondary N) is 1. The Bertz CT molecular complexity index is 355. The molecule has 0 saturated heterocycles. The Morgan fingerprint density at radius 1 is 1.29 bits per heavy atom. The van der Waals surface area contributed by atoms with Crippen molar-refractivity contribution >= 4 is 10.0 Å². The molecule has 0 amide bonds. The highest BCUT2D eigenvalue weighted by atomic mass is 32.2. The van der Waals surface area contributed by atoms with Gasteiger partial charge in [-0.2, -0.15) is 0 Å². The highest BCUT2D eigenvalue weighted by molar-refractivity contribution is 7.89. The molecule has 0 aromatic rings. The van der Waals surface area contributed by atoms with Crippen LogP contribution in [0, 0.1) is 17.8 Å². The minimum atomic E-state index is -3.15. The average Bonchev–Trinajstić information content (AvgIpc) is 2.86. The van der Waals surface area contributed by atoms with E-state index in [1.54, 1.807) is 0 Å². The van der Waals surface area contributed by atoms with Gasteiger partial charge in [0.15, 0.2) is 0 Å². The van der Waals surface area contributed by atoms with Gasteiger partial charge in [0, 0.05) is 18.6 Å². The maximum absolute atomic E-state index is 11.9. The van der Waals surface area contributed by atoms with Gasteiger partial charge in [0.25, 0.3) is 0 Å². The zero-order valence-corrected chi connectivity index (χ0v) is 11.2. The molecule has 0 aliphatic heterocycles. The van der Waals surface area contributed by atoms with Gasteiger partial charge in [-0.25, -0.2) is 13.1 Å². The van der Waals surface area contributed by atoms with Gasteiger partial charge in [-0.3, -0.25) is 0 Å². The number of sulfonamides is 1. The van der Waals surface area contributed by atoms with Crippen molar-refractivity contribution in [3.05, 3.63) is 0 Å². The number of hydrogen-bond acceptors (Lipinski definition) is 3. The molecule has 2 fully saturated rings. The molecular formula is C12H23NO3S. The van der Waals surface area contributed by atoms with E-state index in [0.29, 0.717) is 18.3 Å². The lowest BCUT2D eigenvalue weighted by molar-refractivity contribution is 0.153. The Morgan fingerprint density at radius 2 is 2.00 bits per heavy atom. The SMILES string of the molecule is CCCCS(=O)(=O)N[C@@H]1[C@H]2CC[C@@H](C2)[C@H]1CO. The van der Waals surface area contributed by atoms with Crippen molar-refractivity contribution in [3.8, 4) is 0 Å². The molecule has 2 bridgehead atoms. The minimum Gasteiger partial charge on any atom is -0.396 e. The van der Waals surface area contributed by atoms with E-state index in [0.717, 1.165) is 25.7 Å².